The molecule has 0 aliphatic rings. The number of thiophene rings is 1. The van der Waals surface area contributed by atoms with Crippen molar-refractivity contribution in [3.63, 3.8) is 0 Å². The normalized spacial score (nSPS) is 16.8. The fourth-order valence-electron chi connectivity index (χ4n) is 2.19. The average Bonchev–Trinajstić information content (AvgIpc) is 2.72. The molecular formula is C14H25NOS. The minimum Gasteiger partial charge on any atom is -0.374 e. The first-order valence-electron chi connectivity index (χ1n) is 6.50. The molecule has 0 aliphatic carbocycles. The lowest BCUT2D eigenvalue weighted by Gasteiger charge is -2.37. The third-order valence-electron chi connectivity index (χ3n) is 3.36. The van der Waals surface area contributed by atoms with E-state index in [1.807, 2.05) is 11.3 Å². The molecule has 1 aromatic rings. The monoisotopic (exact) mass is 255 g/mol. The first-order chi connectivity index (χ1) is 8.09. The van der Waals surface area contributed by atoms with E-state index < -0.39 is 0 Å². The Hall–Kier alpha value is -0.380. The Morgan fingerprint density at radius 3 is 2.53 bits per heavy atom. The Labute approximate surface area is 109 Å². The number of hydrogen-bond acceptors (Lipinski definition) is 3. The molecule has 1 rings (SSSR count). The summed E-state index contributed by atoms with van der Waals surface area (Å²) >= 11 is 1.82. The highest BCUT2D eigenvalue weighted by molar-refractivity contribution is 7.10. The van der Waals surface area contributed by atoms with Crippen LogP contribution in [0, 0.1) is 6.92 Å². The van der Waals surface area contributed by atoms with Crippen LogP contribution in [-0.2, 0) is 4.74 Å². The van der Waals surface area contributed by atoms with Crippen LogP contribution in [-0.4, -0.2) is 18.8 Å². The molecular weight excluding hydrogens is 230 g/mol. The van der Waals surface area contributed by atoms with Crippen LogP contribution >= 0.6 is 11.3 Å². The maximum atomic E-state index is 6.02. The second-order valence-corrected chi connectivity index (χ2v) is 5.51. The second kappa shape index (κ2) is 6.53. The molecule has 0 amide bonds. The first-order valence-corrected chi connectivity index (χ1v) is 7.38. The van der Waals surface area contributed by atoms with E-state index in [2.05, 4.69) is 51.4 Å². The highest BCUT2D eigenvalue weighted by Crippen LogP contribution is 2.36. The molecule has 0 fully saturated rings. The van der Waals surface area contributed by atoms with E-state index in [9.17, 15) is 0 Å². The fourth-order valence-corrected chi connectivity index (χ4v) is 3.33. The van der Waals surface area contributed by atoms with Crippen LogP contribution < -0.4 is 5.32 Å². The van der Waals surface area contributed by atoms with Gasteiger partial charge in [0.15, 0.2) is 0 Å². The number of aryl methyl sites for hydroxylation is 1. The predicted molar refractivity (Wildman–Crippen MR) is 75.8 cm³/mol. The van der Waals surface area contributed by atoms with E-state index in [0.717, 1.165) is 19.6 Å². The van der Waals surface area contributed by atoms with Gasteiger partial charge in [0.25, 0.3) is 0 Å². The topological polar surface area (TPSA) is 21.3 Å². The Kier molecular flexibility index (Phi) is 5.63. The van der Waals surface area contributed by atoms with E-state index in [0.29, 0.717) is 0 Å². The van der Waals surface area contributed by atoms with Gasteiger partial charge in [-0.05, 0) is 50.7 Å². The van der Waals surface area contributed by atoms with Crippen molar-refractivity contribution in [3.8, 4) is 0 Å². The van der Waals surface area contributed by atoms with Crippen LogP contribution in [0.15, 0.2) is 11.4 Å². The fraction of sp³-hybridized carbons (Fsp3) is 0.714. The molecule has 0 saturated heterocycles. The minimum atomic E-state index is -0.125. The Morgan fingerprint density at radius 1 is 1.41 bits per heavy atom. The van der Waals surface area contributed by atoms with Crippen LogP contribution in [0.3, 0.4) is 0 Å². The lowest BCUT2D eigenvalue weighted by atomic mass is 9.90. The first kappa shape index (κ1) is 14.7. The number of hydrogen-bond donors (Lipinski definition) is 1. The third-order valence-corrected chi connectivity index (χ3v) is 4.44. The smallest absolute Gasteiger partial charge is 0.0853 e. The molecule has 1 N–H and O–H groups in total. The van der Waals surface area contributed by atoms with Gasteiger partial charge in [0.2, 0.25) is 0 Å². The van der Waals surface area contributed by atoms with Crippen molar-refractivity contribution in [1.29, 1.82) is 0 Å². The molecule has 0 aromatic carbocycles. The lowest BCUT2D eigenvalue weighted by Crippen LogP contribution is -2.43. The summed E-state index contributed by atoms with van der Waals surface area (Å²) in [6.07, 6.45) is 1.01. The Morgan fingerprint density at radius 2 is 2.12 bits per heavy atom. The minimum absolute atomic E-state index is 0.125. The number of rotatable bonds is 7. The molecule has 0 saturated carbocycles. The second-order valence-electron chi connectivity index (χ2n) is 4.56. The number of likely N-dealkylation sites (N-methyl/N-ethyl adjacent to an activating group) is 1. The van der Waals surface area contributed by atoms with Gasteiger partial charge >= 0.3 is 0 Å². The standard InChI is InChI=1S/C14H25NOS/c1-6-14(5,16-8-3)13(15-7-2)12-11(4)9-10-17-12/h9-10,13,15H,6-8H2,1-5H3. The van der Waals surface area contributed by atoms with Gasteiger partial charge in [-0.3, -0.25) is 0 Å². The van der Waals surface area contributed by atoms with Crippen LogP contribution in [0.25, 0.3) is 0 Å². The predicted octanol–water partition coefficient (Wildman–Crippen LogP) is 3.91. The van der Waals surface area contributed by atoms with E-state index in [4.69, 9.17) is 4.74 Å². The Balaban J connectivity index is 3.03. The Bertz CT molecular complexity index is 337. The summed E-state index contributed by atoms with van der Waals surface area (Å²) in [5.74, 6) is 0. The zero-order valence-electron chi connectivity index (χ0n) is 11.7. The molecule has 0 aliphatic heterocycles. The zero-order valence-corrected chi connectivity index (χ0v) is 12.5. The summed E-state index contributed by atoms with van der Waals surface area (Å²) in [5.41, 5.74) is 1.24. The molecule has 2 nitrogen and oxygen atoms in total. The molecule has 2 atom stereocenters. The summed E-state index contributed by atoms with van der Waals surface area (Å²) in [4.78, 5) is 1.41. The summed E-state index contributed by atoms with van der Waals surface area (Å²) in [7, 11) is 0. The summed E-state index contributed by atoms with van der Waals surface area (Å²) in [6.45, 7) is 12.5. The van der Waals surface area contributed by atoms with Crippen LogP contribution in [0.5, 0.6) is 0 Å². The van der Waals surface area contributed by atoms with Gasteiger partial charge in [-0.1, -0.05) is 13.8 Å². The lowest BCUT2D eigenvalue weighted by molar-refractivity contribution is -0.0553. The van der Waals surface area contributed by atoms with Crippen LogP contribution in [0.4, 0.5) is 0 Å². The summed E-state index contributed by atoms with van der Waals surface area (Å²) < 4.78 is 6.02. The highest BCUT2D eigenvalue weighted by Gasteiger charge is 2.35. The van der Waals surface area contributed by atoms with Crippen molar-refractivity contribution >= 4 is 11.3 Å². The van der Waals surface area contributed by atoms with Gasteiger partial charge in [0, 0.05) is 11.5 Å². The van der Waals surface area contributed by atoms with E-state index in [1.165, 1.54) is 10.4 Å². The third kappa shape index (κ3) is 3.30. The zero-order chi connectivity index (χ0) is 12.9. The molecule has 1 heterocycles. The molecule has 3 heteroatoms. The van der Waals surface area contributed by atoms with Crippen molar-refractivity contribution in [2.45, 2.75) is 52.7 Å². The van der Waals surface area contributed by atoms with Gasteiger partial charge < -0.3 is 10.1 Å². The van der Waals surface area contributed by atoms with Crippen molar-refractivity contribution in [2.75, 3.05) is 13.2 Å². The van der Waals surface area contributed by atoms with Gasteiger partial charge in [-0.2, -0.15) is 0 Å². The van der Waals surface area contributed by atoms with Gasteiger partial charge in [0.1, 0.15) is 0 Å². The molecule has 0 spiro atoms. The van der Waals surface area contributed by atoms with E-state index in [1.54, 1.807) is 0 Å². The van der Waals surface area contributed by atoms with Gasteiger partial charge in [-0.25, -0.2) is 0 Å². The molecule has 98 valence electrons. The number of nitrogens with one attached hydrogen (secondary N) is 1. The van der Waals surface area contributed by atoms with Crippen molar-refractivity contribution in [3.05, 3.63) is 21.9 Å². The average molecular weight is 255 g/mol. The molecule has 0 radical (unpaired) electrons. The van der Waals surface area contributed by atoms with Crippen LogP contribution in [0.2, 0.25) is 0 Å². The maximum absolute atomic E-state index is 6.02. The van der Waals surface area contributed by atoms with Gasteiger partial charge in [-0.15, -0.1) is 11.3 Å². The quantitative estimate of drug-likeness (QED) is 0.797. The van der Waals surface area contributed by atoms with Gasteiger partial charge in [0.05, 0.1) is 11.6 Å². The van der Waals surface area contributed by atoms with Crippen LogP contribution in [0.1, 0.15) is 50.6 Å². The van der Waals surface area contributed by atoms with E-state index in [-0.39, 0.29) is 11.6 Å². The summed E-state index contributed by atoms with van der Waals surface area (Å²) in [5, 5.41) is 5.75. The summed E-state index contributed by atoms with van der Waals surface area (Å²) in [6, 6.07) is 2.48. The van der Waals surface area contributed by atoms with Crippen molar-refractivity contribution < 1.29 is 4.74 Å². The van der Waals surface area contributed by atoms with E-state index >= 15 is 0 Å². The number of ether oxygens (including phenoxy) is 1. The molecule has 0 bridgehead atoms. The van der Waals surface area contributed by atoms with Crippen molar-refractivity contribution in [2.24, 2.45) is 0 Å². The highest BCUT2D eigenvalue weighted by atomic mass is 32.1. The molecule has 1 aromatic heterocycles. The molecule has 17 heavy (non-hydrogen) atoms. The SMILES string of the molecule is CCNC(c1sccc1C)C(C)(CC)OCC. The van der Waals surface area contributed by atoms with Crippen molar-refractivity contribution in [1.82, 2.24) is 5.32 Å². The maximum Gasteiger partial charge on any atom is 0.0853 e. The molecule has 2 unspecified atom stereocenters. The largest absolute Gasteiger partial charge is 0.374 e.